The SMILES string of the molecule is CSC1(CNC(=O)c2cc(F)c(NN)c(F)c2)CC1. The van der Waals surface area contributed by atoms with Gasteiger partial charge >= 0.3 is 0 Å². The second-order valence-electron chi connectivity index (χ2n) is 4.53. The zero-order valence-corrected chi connectivity index (χ0v) is 11.2. The van der Waals surface area contributed by atoms with Crippen molar-refractivity contribution in [2.24, 2.45) is 5.84 Å². The molecule has 2 rings (SSSR count). The normalized spacial score (nSPS) is 16.0. The first-order chi connectivity index (χ1) is 9.01. The Bertz CT molecular complexity index is 483. The Morgan fingerprint density at radius 3 is 2.42 bits per heavy atom. The molecule has 0 saturated heterocycles. The standard InChI is InChI=1S/C12H15F2N3OS/c1-19-12(2-3-12)6-16-11(18)7-4-8(13)10(17-15)9(14)5-7/h4-5,17H,2-3,6,15H2,1H3,(H,16,18). The fraction of sp³-hybridized carbons (Fsp3) is 0.417. The van der Waals surface area contributed by atoms with E-state index in [1.807, 2.05) is 11.7 Å². The molecule has 1 amide bonds. The lowest BCUT2D eigenvalue weighted by molar-refractivity contribution is 0.0952. The predicted octanol–water partition coefficient (Wildman–Crippen LogP) is 1.88. The Balaban J connectivity index is 2.07. The van der Waals surface area contributed by atoms with Crippen LogP contribution in [0.15, 0.2) is 12.1 Å². The molecule has 104 valence electrons. The highest BCUT2D eigenvalue weighted by Crippen LogP contribution is 2.46. The predicted molar refractivity (Wildman–Crippen MR) is 72.0 cm³/mol. The van der Waals surface area contributed by atoms with Crippen molar-refractivity contribution < 1.29 is 13.6 Å². The van der Waals surface area contributed by atoms with Gasteiger partial charge in [0.15, 0.2) is 11.6 Å². The highest BCUT2D eigenvalue weighted by atomic mass is 32.2. The molecule has 1 saturated carbocycles. The minimum Gasteiger partial charge on any atom is -0.351 e. The fourth-order valence-corrected chi connectivity index (χ4v) is 2.50. The smallest absolute Gasteiger partial charge is 0.251 e. The van der Waals surface area contributed by atoms with E-state index in [1.165, 1.54) is 0 Å². The first-order valence-corrected chi connectivity index (χ1v) is 7.03. The second kappa shape index (κ2) is 5.34. The molecule has 7 heteroatoms. The summed E-state index contributed by atoms with van der Waals surface area (Å²) in [4.78, 5) is 11.8. The van der Waals surface area contributed by atoms with Gasteiger partial charge in [-0.25, -0.2) is 8.78 Å². The summed E-state index contributed by atoms with van der Waals surface area (Å²) in [5.74, 6) is 2.72. The van der Waals surface area contributed by atoms with Crippen molar-refractivity contribution in [3.05, 3.63) is 29.3 Å². The van der Waals surface area contributed by atoms with Crippen LogP contribution in [0.4, 0.5) is 14.5 Å². The number of nitrogens with one attached hydrogen (secondary N) is 2. The number of thioether (sulfide) groups is 1. The molecule has 1 aliphatic rings. The van der Waals surface area contributed by atoms with Crippen LogP contribution in [0.1, 0.15) is 23.2 Å². The maximum Gasteiger partial charge on any atom is 0.251 e. The highest BCUT2D eigenvalue weighted by molar-refractivity contribution is 8.00. The van der Waals surface area contributed by atoms with Gasteiger partial charge in [0.25, 0.3) is 5.91 Å². The van der Waals surface area contributed by atoms with Crippen LogP contribution in [0, 0.1) is 11.6 Å². The third kappa shape index (κ3) is 2.98. The molecule has 0 bridgehead atoms. The number of carbonyl (C=O) groups excluding carboxylic acids is 1. The van der Waals surface area contributed by atoms with Crippen LogP contribution in [-0.2, 0) is 0 Å². The van der Waals surface area contributed by atoms with E-state index in [9.17, 15) is 13.6 Å². The summed E-state index contributed by atoms with van der Waals surface area (Å²) >= 11 is 1.70. The molecule has 0 aliphatic heterocycles. The monoisotopic (exact) mass is 287 g/mol. The number of nitrogens with two attached hydrogens (primary N) is 1. The first-order valence-electron chi connectivity index (χ1n) is 5.80. The van der Waals surface area contributed by atoms with Crippen LogP contribution < -0.4 is 16.6 Å². The summed E-state index contributed by atoms with van der Waals surface area (Å²) < 4.78 is 27.0. The fourth-order valence-electron chi connectivity index (χ4n) is 1.78. The van der Waals surface area contributed by atoms with Gasteiger partial charge in [0.2, 0.25) is 0 Å². The van der Waals surface area contributed by atoms with Gasteiger partial charge in [0.1, 0.15) is 5.69 Å². The zero-order valence-electron chi connectivity index (χ0n) is 10.4. The molecule has 0 atom stereocenters. The van der Waals surface area contributed by atoms with E-state index in [0.29, 0.717) is 6.54 Å². The van der Waals surface area contributed by atoms with Crippen LogP contribution in [0.25, 0.3) is 0 Å². The molecule has 0 unspecified atom stereocenters. The van der Waals surface area contributed by atoms with E-state index in [4.69, 9.17) is 5.84 Å². The first kappa shape index (κ1) is 14.1. The number of anilines is 1. The molecule has 4 N–H and O–H groups in total. The number of halogens is 2. The number of rotatable bonds is 5. The van der Waals surface area contributed by atoms with E-state index in [1.54, 1.807) is 11.8 Å². The number of hydrogen-bond donors (Lipinski definition) is 3. The minimum absolute atomic E-state index is 0.0501. The lowest BCUT2D eigenvalue weighted by Gasteiger charge is -2.13. The second-order valence-corrected chi connectivity index (χ2v) is 5.80. The van der Waals surface area contributed by atoms with Crippen LogP contribution in [0.5, 0.6) is 0 Å². The minimum atomic E-state index is -0.890. The molecule has 0 radical (unpaired) electrons. The number of nitrogen functional groups attached to an aromatic ring is 1. The average molecular weight is 287 g/mol. The molecular formula is C12H15F2N3OS. The summed E-state index contributed by atoms with van der Waals surface area (Å²) in [6.07, 6.45) is 4.08. The van der Waals surface area contributed by atoms with Gasteiger partial charge in [-0.05, 0) is 31.2 Å². The van der Waals surface area contributed by atoms with Crippen LogP contribution in [-0.4, -0.2) is 23.5 Å². The van der Waals surface area contributed by atoms with Crippen LogP contribution in [0.3, 0.4) is 0 Å². The Morgan fingerprint density at radius 1 is 1.42 bits per heavy atom. The average Bonchev–Trinajstić information content (AvgIpc) is 3.16. The largest absolute Gasteiger partial charge is 0.351 e. The van der Waals surface area contributed by atoms with Gasteiger partial charge in [-0.3, -0.25) is 10.6 Å². The Kier molecular flexibility index (Phi) is 3.96. The maximum absolute atomic E-state index is 13.5. The summed E-state index contributed by atoms with van der Waals surface area (Å²) in [6, 6.07) is 1.93. The molecule has 0 spiro atoms. The van der Waals surface area contributed by atoms with E-state index in [0.717, 1.165) is 25.0 Å². The lowest BCUT2D eigenvalue weighted by atomic mass is 10.1. The molecule has 1 aromatic carbocycles. The number of amides is 1. The van der Waals surface area contributed by atoms with Crippen molar-refractivity contribution in [1.82, 2.24) is 5.32 Å². The van der Waals surface area contributed by atoms with Crippen molar-refractivity contribution >= 4 is 23.4 Å². The van der Waals surface area contributed by atoms with Crippen molar-refractivity contribution in [1.29, 1.82) is 0 Å². The number of carbonyl (C=O) groups is 1. The van der Waals surface area contributed by atoms with E-state index >= 15 is 0 Å². The van der Waals surface area contributed by atoms with Crippen LogP contribution >= 0.6 is 11.8 Å². The number of hydrogen-bond acceptors (Lipinski definition) is 4. The summed E-state index contributed by atoms with van der Waals surface area (Å²) in [6.45, 7) is 0.507. The quantitative estimate of drug-likeness (QED) is 0.571. The van der Waals surface area contributed by atoms with E-state index in [-0.39, 0.29) is 10.3 Å². The van der Waals surface area contributed by atoms with Crippen LogP contribution in [0.2, 0.25) is 0 Å². The molecule has 4 nitrogen and oxygen atoms in total. The van der Waals surface area contributed by atoms with E-state index < -0.39 is 23.2 Å². The van der Waals surface area contributed by atoms with Gasteiger partial charge in [-0.1, -0.05) is 0 Å². The molecule has 0 aromatic heterocycles. The molecule has 19 heavy (non-hydrogen) atoms. The molecule has 0 heterocycles. The Morgan fingerprint density at radius 2 is 2.00 bits per heavy atom. The number of benzene rings is 1. The highest BCUT2D eigenvalue weighted by Gasteiger charge is 2.41. The zero-order chi connectivity index (χ0) is 14.0. The maximum atomic E-state index is 13.5. The van der Waals surface area contributed by atoms with Gasteiger partial charge in [0, 0.05) is 16.9 Å². The molecular weight excluding hydrogens is 272 g/mol. The van der Waals surface area contributed by atoms with Gasteiger partial charge in [-0.15, -0.1) is 0 Å². The van der Waals surface area contributed by atoms with Crippen molar-refractivity contribution in [3.63, 3.8) is 0 Å². The Hall–Kier alpha value is -1.34. The number of hydrazine groups is 1. The molecule has 1 aromatic rings. The van der Waals surface area contributed by atoms with Crippen molar-refractivity contribution in [2.45, 2.75) is 17.6 Å². The Labute approximate surface area is 114 Å². The van der Waals surface area contributed by atoms with E-state index in [2.05, 4.69) is 5.32 Å². The van der Waals surface area contributed by atoms with Gasteiger partial charge < -0.3 is 10.7 Å². The summed E-state index contributed by atoms with van der Waals surface area (Å²) in [7, 11) is 0. The topological polar surface area (TPSA) is 67.2 Å². The van der Waals surface area contributed by atoms with Crippen molar-refractivity contribution in [2.75, 3.05) is 18.2 Å². The summed E-state index contributed by atoms with van der Waals surface area (Å²) in [5, 5.41) is 2.70. The molecule has 1 aliphatic carbocycles. The third-order valence-electron chi connectivity index (χ3n) is 3.26. The lowest BCUT2D eigenvalue weighted by Crippen LogP contribution is -2.31. The van der Waals surface area contributed by atoms with Crippen molar-refractivity contribution in [3.8, 4) is 0 Å². The molecule has 1 fully saturated rings. The van der Waals surface area contributed by atoms with Gasteiger partial charge in [0.05, 0.1) is 0 Å². The summed E-state index contributed by atoms with van der Waals surface area (Å²) in [5.41, 5.74) is 1.42. The third-order valence-corrected chi connectivity index (χ3v) is 4.68. The van der Waals surface area contributed by atoms with Gasteiger partial charge in [-0.2, -0.15) is 11.8 Å².